The molecule has 0 radical (unpaired) electrons. The molecule has 0 aliphatic carbocycles. The molecule has 116 valence electrons. The van der Waals surface area contributed by atoms with Crippen molar-refractivity contribution < 1.29 is 9.13 Å². The van der Waals surface area contributed by atoms with Gasteiger partial charge in [0.1, 0.15) is 11.6 Å². The summed E-state index contributed by atoms with van der Waals surface area (Å²) in [4.78, 5) is 10.4. The van der Waals surface area contributed by atoms with Crippen molar-refractivity contribution in [1.29, 1.82) is 0 Å². The van der Waals surface area contributed by atoms with Gasteiger partial charge >= 0.3 is 0 Å². The van der Waals surface area contributed by atoms with Gasteiger partial charge in [-0.25, -0.2) is 9.37 Å². The number of hydrogen-bond acceptors (Lipinski definition) is 5. The summed E-state index contributed by atoms with van der Waals surface area (Å²) in [5, 5.41) is 0. The van der Waals surface area contributed by atoms with E-state index < -0.39 is 0 Å². The Kier molecular flexibility index (Phi) is 4.20. The molecule has 1 aromatic heterocycles. The van der Waals surface area contributed by atoms with Crippen molar-refractivity contribution in [2.45, 2.75) is 26.1 Å². The minimum atomic E-state index is -0.226. The number of aryl methyl sites for hydroxylation is 1. The molecule has 1 fully saturated rings. The van der Waals surface area contributed by atoms with Crippen LogP contribution in [0.3, 0.4) is 0 Å². The molecule has 1 aromatic carbocycles. The maximum Gasteiger partial charge on any atom is 0.221 e. The number of nitrogens with zero attached hydrogens (tertiary/aromatic N) is 3. The minimum Gasteiger partial charge on any atom is -0.370 e. The van der Waals surface area contributed by atoms with Crippen molar-refractivity contribution in [1.82, 2.24) is 9.97 Å². The zero-order valence-corrected chi connectivity index (χ0v) is 12.5. The quantitative estimate of drug-likeness (QED) is 0.917. The topological polar surface area (TPSA) is 64.3 Å². The number of rotatable bonds is 5. The van der Waals surface area contributed by atoms with Crippen LogP contribution in [0.5, 0.6) is 0 Å². The summed E-state index contributed by atoms with van der Waals surface area (Å²) in [6, 6.07) is 6.68. The van der Waals surface area contributed by atoms with E-state index in [9.17, 15) is 4.39 Å². The maximum atomic E-state index is 13.5. The fourth-order valence-corrected chi connectivity index (χ4v) is 2.47. The molecule has 22 heavy (non-hydrogen) atoms. The van der Waals surface area contributed by atoms with Crippen molar-refractivity contribution >= 4 is 11.8 Å². The van der Waals surface area contributed by atoms with E-state index in [1.54, 1.807) is 18.3 Å². The highest BCUT2D eigenvalue weighted by molar-refractivity contribution is 5.51. The fourth-order valence-electron chi connectivity index (χ4n) is 2.47. The van der Waals surface area contributed by atoms with E-state index in [4.69, 9.17) is 10.5 Å². The number of benzene rings is 1. The molecular formula is C16H19FN4O. The van der Waals surface area contributed by atoms with Crippen LogP contribution in [0.1, 0.15) is 18.1 Å². The van der Waals surface area contributed by atoms with Gasteiger partial charge < -0.3 is 15.4 Å². The van der Waals surface area contributed by atoms with E-state index >= 15 is 0 Å². The Hall–Kier alpha value is -2.21. The number of nitrogen functional groups attached to an aromatic ring is 1. The lowest BCUT2D eigenvalue weighted by molar-refractivity contribution is 0.0207. The Morgan fingerprint density at radius 3 is 2.82 bits per heavy atom. The minimum absolute atomic E-state index is 0.0838. The second-order valence-corrected chi connectivity index (χ2v) is 5.36. The van der Waals surface area contributed by atoms with Gasteiger partial charge in [-0.1, -0.05) is 25.1 Å². The van der Waals surface area contributed by atoms with E-state index in [1.807, 2.05) is 6.07 Å². The highest BCUT2D eigenvalue weighted by Gasteiger charge is 2.30. The average Bonchev–Trinajstić information content (AvgIpc) is 2.47. The number of hydrogen-bond donors (Lipinski definition) is 1. The summed E-state index contributed by atoms with van der Waals surface area (Å²) >= 11 is 0. The molecule has 0 bridgehead atoms. The molecular weight excluding hydrogens is 283 g/mol. The van der Waals surface area contributed by atoms with Crippen LogP contribution in [0, 0.1) is 5.82 Å². The first-order valence-corrected chi connectivity index (χ1v) is 7.38. The SMILES string of the molecule is CCc1cnc(N)nc1N1CC(OCc2ccccc2F)C1. The Balaban J connectivity index is 1.56. The molecule has 3 rings (SSSR count). The molecule has 0 atom stereocenters. The first-order chi connectivity index (χ1) is 10.7. The van der Waals surface area contributed by atoms with Crippen LogP contribution in [-0.2, 0) is 17.8 Å². The Morgan fingerprint density at radius 1 is 1.32 bits per heavy atom. The predicted octanol–water partition coefficient (Wildman–Crippen LogP) is 2.17. The molecule has 2 aromatic rings. The fraction of sp³-hybridized carbons (Fsp3) is 0.375. The van der Waals surface area contributed by atoms with Gasteiger partial charge in [0.15, 0.2) is 0 Å². The van der Waals surface area contributed by atoms with E-state index in [0.29, 0.717) is 5.56 Å². The zero-order valence-electron chi connectivity index (χ0n) is 12.5. The molecule has 0 unspecified atom stereocenters. The predicted molar refractivity (Wildman–Crippen MR) is 83.0 cm³/mol. The smallest absolute Gasteiger partial charge is 0.221 e. The first kappa shape index (κ1) is 14.7. The van der Waals surface area contributed by atoms with Crippen molar-refractivity contribution in [3.8, 4) is 0 Å². The van der Waals surface area contributed by atoms with Gasteiger partial charge in [-0.15, -0.1) is 0 Å². The second-order valence-electron chi connectivity index (χ2n) is 5.36. The monoisotopic (exact) mass is 302 g/mol. The third-order valence-corrected chi connectivity index (χ3v) is 3.82. The maximum absolute atomic E-state index is 13.5. The Morgan fingerprint density at radius 2 is 2.09 bits per heavy atom. The largest absolute Gasteiger partial charge is 0.370 e. The van der Waals surface area contributed by atoms with Gasteiger partial charge in [-0.2, -0.15) is 4.98 Å². The van der Waals surface area contributed by atoms with Gasteiger partial charge in [0.25, 0.3) is 0 Å². The molecule has 5 nitrogen and oxygen atoms in total. The summed E-state index contributed by atoms with van der Waals surface area (Å²) in [5.74, 6) is 0.930. The molecule has 2 heterocycles. The first-order valence-electron chi connectivity index (χ1n) is 7.38. The summed E-state index contributed by atoms with van der Waals surface area (Å²) in [6.07, 6.45) is 2.71. The summed E-state index contributed by atoms with van der Waals surface area (Å²) < 4.78 is 19.3. The van der Waals surface area contributed by atoms with Crippen LogP contribution >= 0.6 is 0 Å². The lowest BCUT2D eigenvalue weighted by Crippen LogP contribution is -2.53. The summed E-state index contributed by atoms with van der Waals surface area (Å²) in [5.41, 5.74) is 7.32. The second kappa shape index (κ2) is 6.27. The molecule has 0 amide bonds. The number of ether oxygens (including phenoxy) is 1. The number of anilines is 2. The van der Waals surface area contributed by atoms with Crippen molar-refractivity contribution in [2.24, 2.45) is 0 Å². The molecule has 2 N–H and O–H groups in total. The van der Waals surface area contributed by atoms with E-state index in [1.165, 1.54) is 6.07 Å². The van der Waals surface area contributed by atoms with Crippen LogP contribution in [0.2, 0.25) is 0 Å². The van der Waals surface area contributed by atoms with Crippen LogP contribution in [0.4, 0.5) is 16.2 Å². The van der Waals surface area contributed by atoms with Gasteiger partial charge in [-0.05, 0) is 12.5 Å². The van der Waals surface area contributed by atoms with Crippen molar-refractivity contribution in [3.05, 3.63) is 47.4 Å². The normalized spacial score (nSPS) is 14.9. The molecule has 1 aliphatic heterocycles. The highest BCUT2D eigenvalue weighted by Crippen LogP contribution is 2.25. The zero-order chi connectivity index (χ0) is 15.5. The molecule has 0 saturated carbocycles. The molecule has 1 saturated heterocycles. The van der Waals surface area contributed by atoms with Gasteiger partial charge in [0.2, 0.25) is 5.95 Å². The van der Waals surface area contributed by atoms with Crippen LogP contribution in [0.15, 0.2) is 30.5 Å². The average molecular weight is 302 g/mol. The van der Waals surface area contributed by atoms with Crippen molar-refractivity contribution in [3.63, 3.8) is 0 Å². The summed E-state index contributed by atoms with van der Waals surface area (Å²) in [6.45, 7) is 3.82. The third kappa shape index (κ3) is 3.01. The lowest BCUT2D eigenvalue weighted by Gasteiger charge is -2.40. The van der Waals surface area contributed by atoms with Gasteiger partial charge in [-0.3, -0.25) is 0 Å². The molecule has 1 aliphatic rings. The van der Waals surface area contributed by atoms with Crippen LogP contribution in [-0.4, -0.2) is 29.2 Å². The summed E-state index contributed by atoms with van der Waals surface area (Å²) in [7, 11) is 0. The van der Waals surface area contributed by atoms with E-state index in [2.05, 4.69) is 21.8 Å². The lowest BCUT2D eigenvalue weighted by atomic mass is 10.1. The Bertz CT molecular complexity index is 658. The van der Waals surface area contributed by atoms with Crippen molar-refractivity contribution in [2.75, 3.05) is 23.7 Å². The van der Waals surface area contributed by atoms with E-state index in [-0.39, 0.29) is 24.5 Å². The van der Waals surface area contributed by atoms with Crippen LogP contribution in [0.25, 0.3) is 0 Å². The number of aromatic nitrogens is 2. The Labute approximate surface area is 128 Å². The number of nitrogens with two attached hydrogens (primary N) is 1. The highest BCUT2D eigenvalue weighted by atomic mass is 19.1. The molecule has 0 spiro atoms. The van der Waals surface area contributed by atoms with E-state index in [0.717, 1.165) is 30.9 Å². The number of halogens is 1. The van der Waals surface area contributed by atoms with Crippen LogP contribution < -0.4 is 10.6 Å². The third-order valence-electron chi connectivity index (χ3n) is 3.82. The van der Waals surface area contributed by atoms with Gasteiger partial charge in [0, 0.05) is 30.4 Å². The standard InChI is InChI=1S/C16H19FN4O/c1-2-11-7-19-16(18)20-15(11)21-8-13(9-21)22-10-12-5-3-4-6-14(12)17/h3-7,13H,2,8-10H2,1H3,(H2,18,19,20). The molecule has 6 heteroatoms. The van der Waals surface area contributed by atoms with Gasteiger partial charge in [0.05, 0.1) is 12.7 Å².